The van der Waals surface area contributed by atoms with E-state index in [1.54, 1.807) is 4.90 Å². The van der Waals surface area contributed by atoms with E-state index in [1.807, 2.05) is 0 Å². The molecule has 1 aliphatic rings. The molecule has 0 unspecified atom stereocenters. The Balaban J connectivity index is 1.79. The van der Waals surface area contributed by atoms with Crippen molar-refractivity contribution in [1.82, 2.24) is 15.2 Å². The van der Waals surface area contributed by atoms with Gasteiger partial charge < -0.3 is 15.7 Å². The Bertz CT molecular complexity index is 584. The Labute approximate surface area is 135 Å². The molecular weight excluding hydrogens is 329 g/mol. The largest absolute Gasteiger partial charge is 0.480 e. The molecule has 1 aromatic rings. The van der Waals surface area contributed by atoms with E-state index in [-0.39, 0.29) is 18.3 Å². The second-order valence-corrected chi connectivity index (χ2v) is 5.47. The summed E-state index contributed by atoms with van der Waals surface area (Å²) in [4.78, 5) is 27.5. The van der Waals surface area contributed by atoms with Gasteiger partial charge in [0.05, 0.1) is 18.4 Å². The van der Waals surface area contributed by atoms with Crippen LogP contribution in [-0.2, 0) is 11.0 Å². The van der Waals surface area contributed by atoms with E-state index < -0.39 is 23.9 Å². The number of carboxylic acid groups (broad SMARTS) is 1. The molecule has 1 saturated heterocycles. The molecule has 2 heterocycles. The fourth-order valence-electron chi connectivity index (χ4n) is 2.41. The number of nitrogens with zero attached hydrogens (tertiary/aromatic N) is 2. The maximum absolute atomic E-state index is 12.4. The number of halogens is 3. The third-order valence-electron chi connectivity index (χ3n) is 3.59. The summed E-state index contributed by atoms with van der Waals surface area (Å²) in [5.41, 5.74) is -0.872. The first-order valence-corrected chi connectivity index (χ1v) is 7.29. The second-order valence-electron chi connectivity index (χ2n) is 5.47. The smallest absolute Gasteiger partial charge is 0.433 e. The molecule has 0 radical (unpaired) electrons. The lowest BCUT2D eigenvalue weighted by atomic mass is 10.1. The monoisotopic (exact) mass is 346 g/mol. The maximum Gasteiger partial charge on any atom is 0.433 e. The zero-order chi connectivity index (χ0) is 17.7. The maximum atomic E-state index is 12.4. The Morgan fingerprint density at radius 1 is 1.29 bits per heavy atom. The van der Waals surface area contributed by atoms with Crippen molar-refractivity contribution in [3.8, 4) is 0 Å². The molecule has 2 amide bonds. The standard InChI is InChI=1S/C14H17F3N4O3/c15-14(16,17)11-2-1-10(7-18-11)20-13(24)19-9-3-5-21(6-4-9)8-12(22)23/h1-2,7,9H,3-6,8H2,(H,22,23)(H2,19,20,24). The number of likely N-dealkylation sites (tertiary alicyclic amines) is 1. The molecule has 1 fully saturated rings. The molecule has 7 nitrogen and oxygen atoms in total. The molecule has 0 aromatic carbocycles. The lowest BCUT2D eigenvalue weighted by molar-refractivity contribution is -0.141. The highest BCUT2D eigenvalue weighted by Gasteiger charge is 2.32. The Hall–Kier alpha value is -2.36. The summed E-state index contributed by atoms with van der Waals surface area (Å²) in [6.45, 7) is 1.08. The number of pyridine rings is 1. The molecule has 0 bridgehead atoms. The average molecular weight is 346 g/mol. The number of aliphatic carboxylic acids is 1. The summed E-state index contributed by atoms with van der Waals surface area (Å²) in [5, 5.41) is 13.8. The molecule has 0 spiro atoms. The van der Waals surface area contributed by atoms with Crippen LogP contribution >= 0.6 is 0 Å². The van der Waals surface area contributed by atoms with Gasteiger partial charge in [-0.15, -0.1) is 0 Å². The Morgan fingerprint density at radius 3 is 2.46 bits per heavy atom. The summed E-state index contributed by atoms with van der Waals surface area (Å²) in [7, 11) is 0. The summed E-state index contributed by atoms with van der Waals surface area (Å²) in [6.07, 6.45) is -2.37. The number of aromatic nitrogens is 1. The van der Waals surface area contributed by atoms with E-state index >= 15 is 0 Å². The van der Waals surface area contributed by atoms with Crippen LogP contribution in [0.3, 0.4) is 0 Å². The number of urea groups is 1. The predicted molar refractivity (Wildman–Crippen MR) is 78.5 cm³/mol. The Kier molecular flexibility index (Phi) is 5.60. The van der Waals surface area contributed by atoms with Crippen LogP contribution in [0.25, 0.3) is 0 Å². The third-order valence-corrected chi connectivity index (χ3v) is 3.59. The van der Waals surface area contributed by atoms with Crippen molar-refractivity contribution in [2.24, 2.45) is 0 Å². The molecule has 10 heteroatoms. The van der Waals surface area contributed by atoms with Gasteiger partial charge in [0.1, 0.15) is 5.69 Å². The van der Waals surface area contributed by atoms with Crippen LogP contribution < -0.4 is 10.6 Å². The minimum absolute atomic E-state index is 0.0316. The van der Waals surface area contributed by atoms with E-state index in [4.69, 9.17) is 5.11 Å². The number of anilines is 1. The zero-order valence-electron chi connectivity index (χ0n) is 12.6. The molecule has 0 saturated carbocycles. The lowest BCUT2D eigenvalue weighted by Crippen LogP contribution is -2.47. The van der Waals surface area contributed by atoms with Crippen molar-refractivity contribution >= 4 is 17.7 Å². The fraction of sp³-hybridized carbons (Fsp3) is 0.500. The van der Waals surface area contributed by atoms with Crippen LogP contribution in [0.15, 0.2) is 18.3 Å². The number of piperidine rings is 1. The van der Waals surface area contributed by atoms with Crippen LogP contribution in [0.2, 0.25) is 0 Å². The molecule has 2 rings (SSSR count). The molecule has 0 atom stereocenters. The van der Waals surface area contributed by atoms with Gasteiger partial charge >= 0.3 is 18.2 Å². The van der Waals surface area contributed by atoms with Gasteiger partial charge in [0, 0.05) is 19.1 Å². The molecule has 3 N–H and O–H groups in total. The molecule has 1 aliphatic heterocycles. The number of carboxylic acids is 1. The van der Waals surface area contributed by atoms with E-state index in [0.717, 1.165) is 18.3 Å². The van der Waals surface area contributed by atoms with Gasteiger partial charge in [0.25, 0.3) is 0 Å². The van der Waals surface area contributed by atoms with Crippen molar-refractivity contribution in [1.29, 1.82) is 0 Å². The number of nitrogens with one attached hydrogen (secondary N) is 2. The molecule has 24 heavy (non-hydrogen) atoms. The summed E-state index contributed by atoms with van der Waals surface area (Å²) in [6, 6.07) is 1.27. The number of alkyl halides is 3. The van der Waals surface area contributed by atoms with E-state index in [9.17, 15) is 22.8 Å². The van der Waals surface area contributed by atoms with Gasteiger partial charge in [0.2, 0.25) is 0 Å². The number of hydrogen-bond donors (Lipinski definition) is 3. The first-order chi connectivity index (χ1) is 11.2. The fourth-order valence-corrected chi connectivity index (χ4v) is 2.41. The summed E-state index contributed by atoms with van der Waals surface area (Å²) in [5.74, 6) is -0.894. The van der Waals surface area contributed by atoms with E-state index in [0.29, 0.717) is 25.9 Å². The normalized spacial score (nSPS) is 16.6. The first-order valence-electron chi connectivity index (χ1n) is 7.29. The number of hydrogen-bond acceptors (Lipinski definition) is 4. The predicted octanol–water partition coefficient (Wildman–Crippen LogP) is 1.77. The van der Waals surface area contributed by atoms with Gasteiger partial charge in [-0.1, -0.05) is 0 Å². The number of carbonyl (C=O) groups is 2. The van der Waals surface area contributed by atoms with Gasteiger partial charge in [-0.2, -0.15) is 13.2 Å². The second kappa shape index (κ2) is 7.47. The van der Waals surface area contributed by atoms with E-state index in [1.165, 1.54) is 0 Å². The minimum Gasteiger partial charge on any atom is -0.480 e. The highest BCUT2D eigenvalue weighted by molar-refractivity contribution is 5.89. The number of carbonyl (C=O) groups excluding carboxylic acids is 1. The highest BCUT2D eigenvalue weighted by Crippen LogP contribution is 2.27. The van der Waals surface area contributed by atoms with Crippen LogP contribution in [0.4, 0.5) is 23.7 Å². The highest BCUT2D eigenvalue weighted by atomic mass is 19.4. The molecule has 132 valence electrons. The Morgan fingerprint density at radius 2 is 1.96 bits per heavy atom. The van der Waals surface area contributed by atoms with Gasteiger partial charge in [-0.05, 0) is 25.0 Å². The van der Waals surface area contributed by atoms with Crippen molar-refractivity contribution < 1.29 is 27.9 Å². The molecule has 0 aliphatic carbocycles. The van der Waals surface area contributed by atoms with Crippen LogP contribution in [0.5, 0.6) is 0 Å². The van der Waals surface area contributed by atoms with E-state index in [2.05, 4.69) is 15.6 Å². The van der Waals surface area contributed by atoms with Gasteiger partial charge in [-0.3, -0.25) is 9.69 Å². The average Bonchev–Trinajstić information content (AvgIpc) is 2.48. The topological polar surface area (TPSA) is 94.6 Å². The van der Waals surface area contributed by atoms with Crippen LogP contribution in [0.1, 0.15) is 18.5 Å². The van der Waals surface area contributed by atoms with Crippen molar-refractivity contribution in [2.45, 2.75) is 25.1 Å². The third kappa shape index (κ3) is 5.37. The van der Waals surface area contributed by atoms with Gasteiger partial charge in [0.15, 0.2) is 0 Å². The molecule has 1 aromatic heterocycles. The quantitative estimate of drug-likeness (QED) is 0.772. The number of amides is 2. The van der Waals surface area contributed by atoms with Crippen molar-refractivity contribution in [3.05, 3.63) is 24.0 Å². The van der Waals surface area contributed by atoms with Crippen LogP contribution in [-0.4, -0.2) is 52.7 Å². The van der Waals surface area contributed by atoms with Gasteiger partial charge in [-0.25, -0.2) is 9.78 Å². The summed E-state index contributed by atoms with van der Waals surface area (Å²) < 4.78 is 37.2. The lowest BCUT2D eigenvalue weighted by Gasteiger charge is -2.31. The van der Waals surface area contributed by atoms with Crippen molar-refractivity contribution in [3.63, 3.8) is 0 Å². The SMILES string of the molecule is O=C(O)CN1CCC(NC(=O)Nc2ccc(C(F)(F)F)nc2)CC1. The number of rotatable bonds is 4. The zero-order valence-corrected chi connectivity index (χ0v) is 12.6. The molecular formula is C14H17F3N4O3. The summed E-state index contributed by atoms with van der Waals surface area (Å²) >= 11 is 0. The van der Waals surface area contributed by atoms with Crippen molar-refractivity contribution in [2.75, 3.05) is 25.0 Å². The first kappa shape index (κ1) is 18.0. The minimum atomic E-state index is -4.52. The van der Waals surface area contributed by atoms with Crippen LogP contribution in [0, 0.1) is 0 Å².